The molecule has 1 aliphatic carbocycles. The van der Waals surface area contributed by atoms with Gasteiger partial charge in [-0.15, -0.1) is 0 Å². The van der Waals surface area contributed by atoms with Crippen molar-refractivity contribution < 1.29 is 9.59 Å². The lowest BCUT2D eigenvalue weighted by atomic mass is 9.92. The maximum absolute atomic E-state index is 12.2. The molecule has 0 bridgehead atoms. The normalized spacial score (nSPS) is 22.2. The topological polar surface area (TPSA) is 49.4 Å². The van der Waals surface area contributed by atoms with Crippen LogP contribution in [0.4, 0.5) is 0 Å². The van der Waals surface area contributed by atoms with Crippen LogP contribution in [0.2, 0.25) is 0 Å². The Labute approximate surface area is 125 Å². The summed E-state index contributed by atoms with van der Waals surface area (Å²) >= 11 is 0. The number of nitrogens with zero attached hydrogens (tertiary/aromatic N) is 1. The van der Waals surface area contributed by atoms with E-state index in [4.69, 9.17) is 0 Å². The molecule has 1 aromatic rings. The summed E-state index contributed by atoms with van der Waals surface area (Å²) in [6.45, 7) is 3.18. The van der Waals surface area contributed by atoms with Gasteiger partial charge in [-0.25, -0.2) is 0 Å². The molecule has 4 heteroatoms. The third-order valence-electron chi connectivity index (χ3n) is 4.59. The number of benzene rings is 1. The Morgan fingerprint density at radius 2 is 2.19 bits per heavy atom. The van der Waals surface area contributed by atoms with E-state index >= 15 is 0 Å². The molecule has 1 heterocycles. The molecule has 4 nitrogen and oxygen atoms in total. The molecule has 1 unspecified atom stereocenters. The third kappa shape index (κ3) is 3.09. The molecule has 1 saturated heterocycles. The van der Waals surface area contributed by atoms with Crippen LogP contribution in [0, 0.1) is 12.8 Å². The first-order valence-electron chi connectivity index (χ1n) is 7.76. The average Bonchev–Trinajstić information content (AvgIpc) is 2.76. The van der Waals surface area contributed by atoms with Gasteiger partial charge in [-0.2, -0.15) is 0 Å². The van der Waals surface area contributed by atoms with Crippen LogP contribution in [0.1, 0.15) is 36.8 Å². The molecule has 3 rings (SSSR count). The van der Waals surface area contributed by atoms with E-state index in [2.05, 4.69) is 11.4 Å². The Kier molecular flexibility index (Phi) is 3.95. The minimum atomic E-state index is -0.178. The molecule has 2 fully saturated rings. The number of rotatable bonds is 4. The van der Waals surface area contributed by atoms with Gasteiger partial charge >= 0.3 is 0 Å². The van der Waals surface area contributed by atoms with Crippen LogP contribution in [0.5, 0.6) is 0 Å². The van der Waals surface area contributed by atoms with E-state index < -0.39 is 0 Å². The molecular formula is C17H22N2O2. The molecule has 0 radical (unpaired) electrons. The monoisotopic (exact) mass is 286 g/mol. The number of carbonyl (C=O) groups excluding carboxylic acids is 2. The van der Waals surface area contributed by atoms with E-state index in [0.29, 0.717) is 25.6 Å². The fourth-order valence-electron chi connectivity index (χ4n) is 3.11. The molecule has 1 aromatic carbocycles. The zero-order valence-electron chi connectivity index (χ0n) is 12.5. The summed E-state index contributed by atoms with van der Waals surface area (Å²) in [5.74, 6) is -0.0232. The molecule has 1 N–H and O–H groups in total. The Balaban J connectivity index is 1.53. The highest BCUT2D eigenvalue weighted by Crippen LogP contribution is 2.30. The second-order valence-electron chi connectivity index (χ2n) is 6.24. The van der Waals surface area contributed by atoms with E-state index in [9.17, 15) is 9.59 Å². The van der Waals surface area contributed by atoms with Crippen molar-refractivity contribution in [2.24, 2.45) is 5.92 Å². The van der Waals surface area contributed by atoms with E-state index in [1.807, 2.05) is 30.0 Å². The molecule has 2 aliphatic rings. The van der Waals surface area contributed by atoms with Gasteiger partial charge in [-0.1, -0.05) is 29.8 Å². The second-order valence-corrected chi connectivity index (χ2v) is 6.24. The molecule has 1 aliphatic heterocycles. The number of likely N-dealkylation sites (tertiary alicyclic amines) is 1. The molecule has 21 heavy (non-hydrogen) atoms. The van der Waals surface area contributed by atoms with Gasteiger partial charge in [0.25, 0.3) is 0 Å². The summed E-state index contributed by atoms with van der Waals surface area (Å²) in [4.78, 5) is 26.1. The van der Waals surface area contributed by atoms with Crippen LogP contribution in [0.15, 0.2) is 24.3 Å². The molecule has 112 valence electrons. The summed E-state index contributed by atoms with van der Waals surface area (Å²) in [7, 11) is 0. The van der Waals surface area contributed by atoms with Crippen molar-refractivity contribution in [3.05, 3.63) is 35.4 Å². The molecule has 2 amide bonds. The maximum Gasteiger partial charge on any atom is 0.225 e. The van der Waals surface area contributed by atoms with Gasteiger partial charge in [0, 0.05) is 25.6 Å². The van der Waals surface area contributed by atoms with Crippen LogP contribution in [-0.2, 0) is 16.1 Å². The quantitative estimate of drug-likeness (QED) is 0.920. The standard InChI is InChI=1S/C17H22N2O2/c1-12-4-2-5-13(8-12)10-18-17(21)14-9-16(20)19(11-14)15-6-3-7-15/h2,4-5,8,14-15H,3,6-7,9-11H2,1H3,(H,18,21). The van der Waals surface area contributed by atoms with Gasteiger partial charge < -0.3 is 10.2 Å². The van der Waals surface area contributed by atoms with Crippen molar-refractivity contribution in [2.75, 3.05) is 6.54 Å². The average molecular weight is 286 g/mol. The largest absolute Gasteiger partial charge is 0.352 e. The molecule has 0 aromatic heterocycles. The predicted octanol–water partition coefficient (Wildman–Crippen LogP) is 2.01. The van der Waals surface area contributed by atoms with Crippen molar-refractivity contribution in [1.29, 1.82) is 0 Å². The number of amides is 2. The van der Waals surface area contributed by atoms with Gasteiger partial charge in [0.2, 0.25) is 11.8 Å². The summed E-state index contributed by atoms with van der Waals surface area (Å²) in [6.07, 6.45) is 3.78. The fraction of sp³-hybridized carbons (Fsp3) is 0.529. The highest BCUT2D eigenvalue weighted by atomic mass is 16.2. The van der Waals surface area contributed by atoms with Crippen molar-refractivity contribution in [1.82, 2.24) is 10.2 Å². The van der Waals surface area contributed by atoms with Gasteiger partial charge in [0.05, 0.1) is 5.92 Å². The SMILES string of the molecule is Cc1cccc(CNC(=O)C2CC(=O)N(C3CCC3)C2)c1. The highest BCUT2D eigenvalue weighted by molar-refractivity contribution is 5.89. The Bertz CT molecular complexity index is 551. The molecule has 1 atom stereocenters. The maximum atomic E-state index is 12.2. The van der Waals surface area contributed by atoms with E-state index in [-0.39, 0.29) is 17.7 Å². The van der Waals surface area contributed by atoms with Crippen molar-refractivity contribution in [3.8, 4) is 0 Å². The van der Waals surface area contributed by atoms with Crippen LogP contribution in [-0.4, -0.2) is 29.3 Å². The summed E-state index contributed by atoms with van der Waals surface area (Å²) in [5, 5.41) is 2.97. The fourth-order valence-corrected chi connectivity index (χ4v) is 3.11. The Morgan fingerprint density at radius 3 is 2.86 bits per heavy atom. The van der Waals surface area contributed by atoms with Gasteiger partial charge in [0.15, 0.2) is 0 Å². The van der Waals surface area contributed by atoms with E-state index in [1.165, 1.54) is 12.0 Å². The lowest BCUT2D eigenvalue weighted by Gasteiger charge is -2.34. The number of hydrogen-bond acceptors (Lipinski definition) is 2. The summed E-state index contributed by atoms with van der Waals surface area (Å²) in [6, 6.07) is 8.51. The lowest BCUT2D eigenvalue weighted by Crippen LogP contribution is -2.42. The number of nitrogens with one attached hydrogen (secondary N) is 1. The van der Waals surface area contributed by atoms with Gasteiger partial charge in [0.1, 0.15) is 0 Å². The summed E-state index contributed by atoms with van der Waals surface area (Å²) in [5.41, 5.74) is 2.29. The molecular weight excluding hydrogens is 264 g/mol. The van der Waals surface area contributed by atoms with Crippen LogP contribution in [0.3, 0.4) is 0 Å². The first-order valence-corrected chi connectivity index (χ1v) is 7.76. The van der Waals surface area contributed by atoms with Crippen molar-refractivity contribution in [3.63, 3.8) is 0 Å². The third-order valence-corrected chi connectivity index (χ3v) is 4.59. The first kappa shape index (κ1) is 14.1. The van der Waals surface area contributed by atoms with Crippen LogP contribution < -0.4 is 5.32 Å². The second kappa shape index (κ2) is 5.88. The van der Waals surface area contributed by atoms with Crippen molar-refractivity contribution in [2.45, 2.75) is 45.2 Å². The zero-order valence-corrected chi connectivity index (χ0v) is 12.5. The van der Waals surface area contributed by atoms with Crippen LogP contribution in [0.25, 0.3) is 0 Å². The number of carbonyl (C=O) groups is 2. The minimum Gasteiger partial charge on any atom is -0.352 e. The van der Waals surface area contributed by atoms with Crippen LogP contribution >= 0.6 is 0 Å². The minimum absolute atomic E-state index is 0.00618. The van der Waals surface area contributed by atoms with Crippen molar-refractivity contribution >= 4 is 11.8 Å². The predicted molar refractivity (Wildman–Crippen MR) is 80.5 cm³/mol. The van der Waals surface area contributed by atoms with E-state index in [1.54, 1.807) is 0 Å². The molecule has 0 spiro atoms. The smallest absolute Gasteiger partial charge is 0.225 e. The first-order chi connectivity index (χ1) is 10.1. The molecule has 1 saturated carbocycles. The number of aryl methyl sites for hydroxylation is 1. The highest BCUT2D eigenvalue weighted by Gasteiger charge is 2.39. The Hall–Kier alpha value is -1.84. The Morgan fingerprint density at radius 1 is 1.38 bits per heavy atom. The number of hydrogen-bond donors (Lipinski definition) is 1. The van der Waals surface area contributed by atoms with E-state index in [0.717, 1.165) is 18.4 Å². The van der Waals surface area contributed by atoms with Gasteiger partial charge in [-0.05, 0) is 31.7 Å². The zero-order chi connectivity index (χ0) is 14.8. The lowest BCUT2D eigenvalue weighted by molar-refractivity contribution is -0.131. The van der Waals surface area contributed by atoms with Gasteiger partial charge in [-0.3, -0.25) is 9.59 Å². The summed E-state index contributed by atoms with van der Waals surface area (Å²) < 4.78 is 0.